The van der Waals surface area contributed by atoms with E-state index in [0.717, 1.165) is 31.1 Å². The maximum absolute atomic E-state index is 13.0. The van der Waals surface area contributed by atoms with E-state index in [1.807, 2.05) is 31.7 Å². The molecule has 1 saturated heterocycles. The number of aldehydes is 1. The van der Waals surface area contributed by atoms with Crippen molar-refractivity contribution in [2.75, 3.05) is 19.6 Å². The van der Waals surface area contributed by atoms with E-state index in [0.29, 0.717) is 36.7 Å². The monoisotopic (exact) mass is 386 g/mol. The van der Waals surface area contributed by atoms with Crippen molar-refractivity contribution in [3.63, 3.8) is 0 Å². The van der Waals surface area contributed by atoms with Gasteiger partial charge in [0, 0.05) is 36.8 Å². The first-order chi connectivity index (χ1) is 13.2. The summed E-state index contributed by atoms with van der Waals surface area (Å²) in [7, 11) is 0. The second kappa shape index (κ2) is 7.94. The molecular formula is C22H30N2O4. The Morgan fingerprint density at radius 2 is 1.89 bits per heavy atom. The molecule has 2 aliphatic rings. The van der Waals surface area contributed by atoms with Crippen molar-refractivity contribution in [1.29, 1.82) is 0 Å². The molecule has 0 spiro atoms. The smallest absolute Gasteiger partial charge is 0.410 e. The molecule has 2 heterocycles. The van der Waals surface area contributed by atoms with E-state index in [1.165, 1.54) is 0 Å². The number of rotatable bonds is 3. The fourth-order valence-corrected chi connectivity index (χ4v) is 4.13. The van der Waals surface area contributed by atoms with Gasteiger partial charge >= 0.3 is 6.09 Å². The van der Waals surface area contributed by atoms with E-state index in [1.54, 1.807) is 17.0 Å². The van der Waals surface area contributed by atoms with Crippen molar-refractivity contribution in [3.8, 4) is 0 Å². The van der Waals surface area contributed by atoms with E-state index in [-0.39, 0.29) is 18.0 Å². The Hall–Kier alpha value is -2.37. The minimum Gasteiger partial charge on any atom is -0.444 e. The highest BCUT2D eigenvalue weighted by Gasteiger charge is 2.35. The second-order valence-corrected chi connectivity index (χ2v) is 8.83. The van der Waals surface area contributed by atoms with Gasteiger partial charge in [-0.2, -0.15) is 0 Å². The molecular weight excluding hydrogens is 356 g/mol. The molecule has 6 nitrogen and oxygen atoms in total. The summed E-state index contributed by atoms with van der Waals surface area (Å²) in [6, 6.07) is 5.41. The molecule has 0 aromatic heterocycles. The first-order valence-corrected chi connectivity index (χ1v) is 10.1. The number of piperidine rings is 1. The Balaban J connectivity index is 1.61. The Morgan fingerprint density at radius 3 is 2.50 bits per heavy atom. The molecule has 0 bridgehead atoms. The average molecular weight is 386 g/mol. The molecule has 152 valence electrons. The van der Waals surface area contributed by atoms with E-state index < -0.39 is 5.60 Å². The van der Waals surface area contributed by atoms with Crippen LogP contribution >= 0.6 is 0 Å². The third-order valence-corrected chi connectivity index (χ3v) is 5.74. The predicted molar refractivity (Wildman–Crippen MR) is 107 cm³/mol. The number of carbonyl (C=O) groups excluding carboxylic acids is 3. The Kier molecular flexibility index (Phi) is 5.77. The highest BCUT2D eigenvalue weighted by molar-refractivity contribution is 5.97. The Bertz CT molecular complexity index is 760. The topological polar surface area (TPSA) is 66.9 Å². The van der Waals surface area contributed by atoms with Gasteiger partial charge in [0.05, 0.1) is 0 Å². The van der Waals surface area contributed by atoms with Crippen LogP contribution in [-0.2, 0) is 11.2 Å². The van der Waals surface area contributed by atoms with Crippen LogP contribution in [-0.4, -0.2) is 59.4 Å². The summed E-state index contributed by atoms with van der Waals surface area (Å²) in [5.74, 6) is 0.402. The lowest BCUT2D eigenvalue weighted by Crippen LogP contribution is -2.50. The minimum atomic E-state index is -0.488. The van der Waals surface area contributed by atoms with Gasteiger partial charge in [0.1, 0.15) is 11.9 Å². The van der Waals surface area contributed by atoms with Crippen molar-refractivity contribution < 1.29 is 19.1 Å². The number of benzene rings is 1. The normalized spacial score (nSPS) is 19.2. The zero-order chi connectivity index (χ0) is 20.5. The van der Waals surface area contributed by atoms with Gasteiger partial charge in [0.25, 0.3) is 5.91 Å². The Labute approximate surface area is 166 Å². The molecule has 28 heavy (non-hydrogen) atoms. The number of hydrogen-bond donors (Lipinski definition) is 0. The van der Waals surface area contributed by atoms with E-state index in [9.17, 15) is 14.4 Å². The number of nitrogens with zero attached hydrogens (tertiary/aromatic N) is 2. The molecule has 2 amide bonds. The number of hydrogen-bond acceptors (Lipinski definition) is 4. The van der Waals surface area contributed by atoms with Gasteiger partial charge in [0.2, 0.25) is 0 Å². The fourth-order valence-electron chi connectivity index (χ4n) is 4.13. The number of fused-ring (bicyclic) bond motifs is 1. The van der Waals surface area contributed by atoms with Gasteiger partial charge in [-0.25, -0.2) is 4.79 Å². The van der Waals surface area contributed by atoms with Crippen LogP contribution in [0.4, 0.5) is 4.79 Å². The number of carbonyl (C=O) groups is 3. The fraction of sp³-hybridized carbons (Fsp3) is 0.591. The number of amides is 2. The molecule has 0 aliphatic carbocycles. The van der Waals surface area contributed by atoms with E-state index in [4.69, 9.17) is 4.74 Å². The lowest BCUT2D eigenvalue weighted by molar-refractivity contribution is 0.0130. The van der Waals surface area contributed by atoms with Gasteiger partial charge < -0.3 is 14.5 Å². The van der Waals surface area contributed by atoms with Gasteiger partial charge in [0.15, 0.2) is 0 Å². The van der Waals surface area contributed by atoms with Crippen molar-refractivity contribution in [2.24, 2.45) is 5.92 Å². The lowest BCUT2D eigenvalue weighted by atomic mass is 9.87. The van der Waals surface area contributed by atoms with Crippen LogP contribution in [0.3, 0.4) is 0 Å². The molecule has 6 heteroatoms. The van der Waals surface area contributed by atoms with Crippen LogP contribution in [0.25, 0.3) is 0 Å². The second-order valence-electron chi connectivity index (χ2n) is 8.83. The summed E-state index contributed by atoms with van der Waals surface area (Å²) in [5, 5.41) is 0. The van der Waals surface area contributed by atoms with Crippen LogP contribution < -0.4 is 0 Å². The van der Waals surface area contributed by atoms with Crippen LogP contribution in [0.2, 0.25) is 0 Å². The van der Waals surface area contributed by atoms with E-state index in [2.05, 4.69) is 6.92 Å². The summed E-state index contributed by atoms with van der Waals surface area (Å²) in [6.45, 7) is 9.71. The summed E-state index contributed by atoms with van der Waals surface area (Å²) >= 11 is 0. The first kappa shape index (κ1) is 20.4. The van der Waals surface area contributed by atoms with Crippen molar-refractivity contribution >= 4 is 18.3 Å². The van der Waals surface area contributed by atoms with Gasteiger partial charge in [-0.05, 0) is 70.6 Å². The van der Waals surface area contributed by atoms with Crippen molar-refractivity contribution in [2.45, 2.75) is 58.6 Å². The molecule has 0 saturated carbocycles. The molecule has 0 radical (unpaired) electrons. The zero-order valence-corrected chi connectivity index (χ0v) is 17.2. The molecule has 2 aliphatic heterocycles. The SMILES string of the molecule is CC(C1CCN(C(=O)OC(C)(C)C)CC1)N1CCc2cc(C=O)ccc2C1=O. The zero-order valence-electron chi connectivity index (χ0n) is 17.2. The number of likely N-dealkylation sites (tertiary alicyclic amines) is 1. The summed E-state index contributed by atoms with van der Waals surface area (Å²) in [5.41, 5.74) is 1.79. The maximum Gasteiger partial charge on any atom is 0.410 e. The third-order valence-electron chi connectivity index (χ3n) is 5.74. The molecule has 0 N–H and O–H groups in total. The Morgan fingerprint density at radius 1 is 1.21 bits per heavy atom. The van der Waals surface area contributed by atoms with Gasteiger partial charge in [-0.3, -0.25) is 9.59 Å². The maximum atomic E-state index is 13.0. The molecule has 1 atom stereocenters. The average Bonchev–Trinajstić information content (AvgIpc) is 2.66. The van der Waals surface area contributed by atoms with E-state index >= 15 is 0 Å². The number of ether oxygens (including phenoxy) is 1. The highest BCUT2D eigenvalue weighted by atomic mass is 16.6. The minimum absolute atomic E-state index is 0.0424. The standard InChI is InChI=1S/C22H30N2O4/c1-15(17-7-10-23(11-8-17)21(27)28-22(2,3)4)24-12-9-18-13-16(14-25)5-6-19(18)20(24)26/h5-6,13-15,17H,7-12H2,1-4H3. The summed E-state index contributed by atoms with van der Waals surface area (Å²) in [4.78, 5) is 39.9. The molecule has 3 rings (SSSR count). The highest BCUT2D eigenvalue weighted by Crippen LogP contribution is 2.29. The van der Waals surface area contributed by atoms with Crippen LogP contribution in [0, 0.1) is 5.92 Å². The quantitative estimate of drug-likeness (QED) is 0.746. The summed E-state index contributed by atoms with van der Waals surface area (Å²) in [6.07, 6.45) is 3.05. The van der Waals surface area contributed by atoms with Crippen molar-refractivity contribution in [1.82, 2.24) is 9.80 Å². The molecule has 1 aromatic rings. The third kappa shape index (κ3) is 4.37. The summed E-state index contributed by atoms with van der Waals surface area (Å²) < 4.78 is 5.46. The largest absolute Gasteiger partial charge is 0.444 e. The first-order valence-electron chi connectivity index (χ1n) is 10.1. The molecule has 1 unspecified atom stereocenters. The predicted octanol–water partition coefficient (Wildman–Crippen LogP) is 3.53. The van der Waals surface area contributed by atoms with Crippen LogP contribution in [0.5, 0.6) is 0 Å². The van der Waals surface area contributed by atoms with Gasteiger partial charge in [-0.1, -0.05) is 6.07 Å². The van der Waals surface area contributed by atoms with Crippen LogP contribution in [0.1, 0.15) is 66.8 Å². The molecule has 1 aromatic carbocycles. The van der Waals surface area contributed by atoms with Crippen molar-refractivity contribution in [3.05, 3.63) is 34.9 Å². The van der Waals surface area contributed by atoms with Gasteiger partial charge in [-0.15, -0.1) is 0 Å². The molecule has 1 fully saturated rings. The van der Waals surface area contributed by atoms with Crippen LogP contribution in [0.15, 0.2) is 18.2 Å². The lowest BCUT2D eigenvalue weighted by Gasteiger charge is -2.41.